The number of hydrogen-bond donors (Lipinski definition) is 1. The van der Waals surface area contributed by atoms with Gasteiger partial charge in [-0.25, -0.2) is 4.79 Å². The normalized spacial score (nSPS) is 10.3. The number of methoxy groups -OCH3 is 2. The predicted octanol–water partition coefficient (Wildman–Crippen LogP) is 2.86. The molecule has 0 aliphatic rings. The lowest BCUT2D eigenvalue weighted by Gasteiger charge is -2.11. The molecular formula is C14H14INO4. The van der Waals surface area contributed by atoms with Crippen LogP contribution < -0.4 is 9.47 Å². The molecule has 5 nitrogen and oxygen atoms in total. The van der Waals surface area contributed by atoms with E-state index in [9.17, 15) is 9.90 Å². The average molecular weight is 387 g/mol. The zero-order valence-electron chi connectivity index (χ0n) is 11.1. The van der Waals surface area contributed by atoms with Crippen LogP contribution in [0.5, 0.6) is 11.5 Å². The molecule has 1 aromatic heterocycles. The summed E-state index contributed by atoms with van der Waals surface area (Å²) < 4.78 is 13.0. The molecule has 6 heteroatoms. The molecule has 0 radical (unpaired) electrons. The SMILES string of the molecule is COc1ccc(Cn2cc(I)cc2C(=O)O)cc1OC. The van der Waals surface area contributed by atoms with E-state index in [-0.39, 0.29) is 5.69 Å². The first-order valence-corrected chi connectivity index (χ1v) is 6.93. The minimum atomic E-state index is -0.937. The van der Waals surface area contributed by atoms with Crippen LogP contribution in [0.25, 0.3) is 0 Å². The standard InChI is InChI=1S/C14H14INO4/c1-19-12-4-3-9(5-13(12)20-2)7-16-8-10(15)6-11(16)14(17)18/h3-6,8H,7H2,1-2H3,(H,17,18). The Labute approximate surface area is 130 Å². The van der Waals surface area contributed by atoms with E-state index in [0.29, 0.717) is 18.0 Å². The monoisotopic (exact) mass is 387 g/mol. The molecule has 0 aliphatic heterocycles. The van der Waals surface area contributed by atoms with E-state index in [4.69, 9.17) is 9.47 Å². The first-order valence-electron chi connectivity index (χ1n) is 5.85. The van der Waals surface area contributed by atoms with E-state index in [0.717, 1.165) is 9.13 Å². The van der Waals surface area contributed by atoms with Crippen molar-refractivity contribution in [2.45, 2.75) is 6.54 Å². The van der Waals surface area contributed by atoms with Crippen molar-refractivity contribution in [3.8, 4) is 11.5 Å². The third-order valence-electron chi connectivity index (χ3n) is 2.88. The first kappa shape index (κ1) is 14.7. The van der Waals surface area contributed by atoms with Crippen molar-refractivity contribution in [1.82, 2.24) is 4.57 Å². The molecule has 0 spiro atoms. The Hall–Kier alpha value is -1.70. The van der Waals surface area contributed by atoms with E-state index in [1.54, 1.807) is 31.0 Å². The highest BCUT2D eigenvalue weighted by Gasteiger charge is 2.12. The molecule has 106 valence electrons. The van der Waals surface area contributed by atoms with Crippen molar-refractivity contribution in [3.05, 3.63) is 45.3 Å². The molecule has 0 saturated heterocycles. The van der Waals surface area contributed by atoms with Gasteiger partial charge in [-0.05, 0) is 46.4 Å². The molecule has 1 heterocycles. The van der Waals surface area contributed by atoms with Gasteiger partial charge in [0.15, 0.2) is 11.5 Å². The van der Waals surface area contributed by atoms with Gasteiger partial charge in [-0.15, -0.1) is 0 Å². The third-order valence-corrected chi connectivity index (χ3v) is 3.47. The zero-order valence-corrected chi connectivity index (χ0v) is 13.2. The fourth-order valence-corrected chi connectivity index (χ4v) is 2.59. The van der Waals surface area contributed by atoms with Crippen LogP contribution in [0.2, 0.25) is 0 Å². The maximum Gasteiger partial charge on any atom is 0.352 e. The van der Waals surface area contributed by atoms with E-state index in [1.807, 2.05) is 18.2 Å². The van der Waals surface area contributed by atoms with Crippen LogP contribution in [-0.4, -0.2) is 29.9 Å². The summed E-state index contributed by atoms with van der Waals surface area (Å²) in [6.45, 7) is 0.463. The van der Waals surface area contributed by atoms with Crippen molar-refractivity contribution in [3.63, 3.8) is 0 Å². The predicted molar refractivity (Wildman–Crippen MR) is 82.8 cm³/mol. The van der Waals surface area contributed by atoms with E-state index in [1.165, 1.54) is 0 Å². The molecule has 1 aromatic carbocycles. The summed E-state index contributed by atoms with van der Waals surface area (Å²) in [5.74, 6) is 0.342. The summed E-state index contributed by atoms with van der Waals surface area (Å²) in [6, 6.07) is 7.18. The third kappa shape index (κ3) is 3.06. The van der Waals surface area contributed by atoms with E-state index >= 15 is 0 Å². The highest BCUT2D eigenvalue weighted by atomic mass is 127. The summed E-state index contributed by atoms with van der Waals surface area (Å²) in [7, 11) is 3.15. The number of carbonyl (C=O) groups is 1. The number of nitrogens with zero attached hydrogens (tertiary/aromatic N) is 1. The topological polar surface area (TPSA) is 60.7 Å². The van der Waals surface area contributed by atoms with Crippen LogP contribution in [0.3, 0.4) is 0 Å². The van der Waals surface area contributed by atoms with Crippen molar-refractivity contribution < 1.29 is 19.4 Å². The molecule has 0 bridgehead atoms. The van der Waals surface area contributed by atoms with Gasteiger partial charge >= 0.3 is 5.97 Å². The molecule has 0 saturated carbocycles. The minimum absolute atomic E-state index is 0.268. The molecule has 0 unspecified atom stereocenters. The Bertz CT molecular complexity index is 636. The van der Waals surface area contributed by atoms with Crippen LogP contribution in [0.15, 0.2) is 30.5 Å². The Morgan fingerprint density at radius 2 is 1.95 bits per heavy atom. The van der Waals surface area contributed by atoms with Crippen molar-refractivity contribution in [1.29, 1.82) is 0 Å². The number of aromatic nitrogens is 1. The Morgan fingerprint density at radius 1 is 1.25 bits per heavy atom. The first-order chi connectivity index (χ1) is 9.55. The molecule has 0 atom stereocenters. The highest BCUT2D eigenvalue weighted by molar-refractivity contribution is 14.1. The lowest BCUT2D eigenvalue weighted by Crippen LogP contribution is -2.08. The Morgan fingerprint density at radius 3 is 2.55 bits per heavy atom. The van der Waals surface area contributed by atoms with Gasteiger partial charge in [-0.2, -0.15) is 0 Å². The smallest absolute Gasteiger partial charge is 0.352 e. The molecule has 2 rings (SSSR count). The fourth-order valence-electron chi connectivity index (χ4n) is 1.96. The summed E-state index contributed by atoms with van der Waals surface area (Å²) in [5, 5.41) is 9.17. The number of aromatic carboxylic acids is 1. The van der Waals surface area contributed by atoms with Gasteiger partial charge in [0.1, 0.15) is 5.69 Å². The number of carboxylic acid groups (broad SMARTS) is 1. The lowest BCUT2D eigenvalue weighted by molar-refractivity contribution is 0.0685. The lowest BCUT2D eigenvalue weighted by atomic mass is 10.2. The largest absolute Gasteiger partial charge is 0.493 e. The molecule has 0 amide bonds. The van der Waals surface area contributed by atoms with Gasteiger partial charge in [0.2, 0.25) is 0 Å². The fraction of sp³-hybridized carbons (Fsp3) is 0.214. The number of carboxylic acids is 1. The zero-order chi connectivity index (χ0) is 14.7. The molecule has 20 heavy (non-hydrogen) atoms. The maximum atomic E-state index is 11.2. The minimum Gasteiger partial charge on any atom is -0.493 e. The van der Waals surface area contributed by atoms with Gasteiger partial charge in [-0.1, -0.05) is 6.07 Å². The number of halogens is 1. The van der Waals surface area contributed by atoms with Gasteiger partial charge in [0.25, 0.3) is 0 Å². The van der Waals surface area contributed by atoms with Gasteiger partial charge in [-0.3, -0.25) is 0 Å². The summed E-state index contributed by atoms with van der Waals surface area (Å²) in [4.78, 5) is 11.2. The second-order valence-electron chi connectivity index (χ2n) is 4.17. The molecule has 0 aliphatic carbocycles. The van der Waals surface area contributed by atoms with Gasteiger partial charge in [0, 0.05) is 16.3 Å². The molecule has 0 fully saturated rings. The molecule has 1 N–H and O–H groups in total. The summed E-state index contributed by atoms with van der Waals surface area (Å²) >= 11 is 2.10. The number of ether oxygens (including phenoxy) is 2. The van der Waals surface area contributed by atoms with Crippen molar-refractivity contribution >= 4 is 28.6 Å². The van der Waals surface area contributed by atoms with Crippen LogP contribution in [0, 0.1) is 3.57 Å². The molecule has 2 aromatic rings. The highest BCUT2D eigenvalue weighted by Crippen LogP contribution is 2.28. The summed E-state index contributed by atoms with van der Waals surface area (Å²) in [6.07, 6.45) is 1.81. The number of benzene rings is 1. The molecular weight excluding hydrogens is 373 g/mol. The van der Waals surface area contributed by atoms with Crippen LogP contribution in [-0.2, 0) is 6.54 Å². The number of rotatable bonds is 5. The van der Waals surface area contributed by atoms with Gasteiger partial charge < -0.3 is 19.1 Å². The van der Waals surface area contributed by atoms with Crippen molar-refractivity contribution in [2.75, 3.05) is 14.2 Å². The van der Waals surface area contributed by atoms with E-state index < -0.39 is 5.97 Å². The Kier molecular flexibility index (Phi) is 4.53. The average Bonchev–Trinajstić information content (AvgIpc) is 2.79. The van der Waals surface area contributed by atoms with Crippen molar-refractivity contribution in [2.24, 2.45) is 0 Å². The van der Waals surface area contributed by atoms with E-state index in [2.05, 4.69) is 22.6 Å². The van der Waals surface area contributed by atoms with Crippen LogP contribution in [0.1, 0.15) is 16.1 Å². The van der Waals surface area contributed by atoms with Gasteiger partial charge in [0.05, 0.1) is 14.2 Å². The van der Waals surface area contributed by atoms with Crippen LogP contribution >= 0.6 is 22.6 Å². The van der Waals surface area contributed by atoms with Crippen LogP contribution in [0.4, 0.5) is 0 Å². The number of hydrogen-bond acceptors (Lipinski definition) is 3. The maximum absolute atomic E-state index is 11.2. The second kappa shape index (κ2) is 6.17. The quantitative estimate of drug-likeness (QED) is 0.802. The second-order valence-corrected chi connectivity index (χ2v) is 5.41. The Balaban J connectivity index is 2.33. The summed E-state index contributed by atoms with van der Waals surface area (Å²) in [5.41, 5.74) is 1.21.